The number of rotatable bonds is 5. The standard InChI is InChI=1S/C17H16F3NO5S/c1-16(22,12-4-7-14-15(8-12)26-10-25-14)9-21-27(23,24)13-5-2-11(3-6-13)17(18,19)20/h2-8,21-22H,9-10H2,1H3. The lowest BCUT2D eigenvalue weighted by Gasteiger charge is -2.24. The molecule has 2 aromatic rings. The molecule has 2 N–H and O–H groups in total. The van der Waals surface area contributed by atoms with Crippen LogP contribution < -0.4 is 14.2 Å². The van der Waals surface area contributed by atoms with E-state index in [0.29, 0.717) is 29.2 Å². The summed E-state index contributed by atoms with van der Waals surface area (Å²) in [6.45, 7) is 1.07. The molecule has 0 amide bonds. The number of sulfonamides is 1. The van der Waals surface area contributed by atoms with Crippen LogP contribution in [0.1, 0.15) is 18.1 Å². The number of alkyl halides is 3. The van der Waals surface area contributed by atoms with Gasteiger partial charge in [-0.15, -0.1) is 0 Å². The summed E-state index contributed by atoms with van der Waals surface area (Å²) in [5.74, 6) is 0.943. The maximum atomic E-state index is 12.6. The van der Waals surface area contributed by atoms with Crippen molar-refractivity contribution in [2.24, 2.45) is 0 Å². The molecule has 0 radical (unpaired) electrons. The number of hydrogen-bond donors (Lipinski definition) is 2. The van der Waals surface area contributed by atoms with Crippen molar-refractivity contribution >= 4 is 10.0 Å². The zero-order valence-electron chi connectivity index (χ0n) is 14.1. The van der Waals surface area contributed by atoms with Gasteiger partial charge in [-0.05, 0) is 48.9 Å². The molecule has 0 fully saturated rings. The van der Waals surface area contributed by atoms with Crippen LogP contribution in [0.2, 0.25) is 0 Å². The molecule has 1 aliphatic heterocycles. The Labute approximate surface area is 153 Å². The summed E-state index contributed by atoms with van der Waals surface area (Å²) < 4.78 is 75.0. The fourth-order valence-electron chi connectivity index (χ4n) is 2.48. The molecule has 1 heterocycles. The van der Waals surface area contributed by atoms with E-state index in [1.54, 1.807) is 12.1 Å². The number of halogens is 3. The van der Waals surface area contributed by atoms with Crippen LogP contribution >= 0.6 is 0 Å². The Morgan fingerprint density at radius 2 is 1.63 bits per heavy atom. The van der Waals surface area contributed by atoms with Gasteiger partial charge in [0.25, 0.3) is 0 Å². The second-order valence-electron chi connectivity index (χ2n) is 6.19. The van der Waals surface area contributed by atoms with Gasteiger partial charge < -0.3 is 14.6 Å². The number of nitrogens with one attached hydrogen (secondary N) is 1. The van der Waals surface area contributed by atoms with Crippen LogP contribution in [-0.4, -0.2) is 26.9 Å². The number of aliphatic hydroxyl groups is 1. The van der Waals surface area contributed by atoms with E-state index in [1.807, 2.05) is 0 Å². The summed E-state index contributed by atoms with van der Waals surface area (Å²) in [6, 6.07) is 7.79. The largest absolute Gasteiger partial charge is 0.454 e. The summed E-state index contributed by atoms with van der Waals surface area (Å²) in [7, 11) is -4.11. The summed E-state index contributed by atoms with van der Waals surface area (Å²) in [4.78, 5) is -0.336. The number of hydrogen-bond acceptors (Lipinski definition) is 5. The third-order valence-electron chi connectivity index (χ3n) is 4.09. The van der Waals surface area contributed by atoms with Crippen LogP contribution in [0.5, 0.6) is 11.5 Å². The quantitative estimate of drug-likeness (QED) is 0.802. The van der Waals surface area contributed by atoms with Crippen molar-refractivity contribution in [2.45, 2.75) is 23.6 Å². The Morgan fingerprint density at radius 3 is 2.26 bits per heavy atom. The highest BCUT2D eigenvalue weighted by molar-refractivity contribution is 7.89. The third-order valence-corrected chi connectivity index (χ3v) is 5.51. The molecule has 146 valence electrons. The van der Waals surface area contributed by atoms with E-state index in [4.69, 9.17) is 9.47 Å². The SMILES string of the molecule is CC(O)(CNS(=O)(=O)c1ccc(C(F)(F)F)cc1)c1ccc2c(c1)OCO2. The van der Waals surface area contributed by atoms with Crippen LogP contribution in [0.4, 0.5) is 13.2 Å². The Bertz CT molecular complexity index is 940. The van der Waals surface area contributed by atoms with Gasteiger partial charge in [-0.1, -0.05) is 6.07 Å². The van der Waals surface area contributed by atoms with E-state index in [0.717, 1.165) is 12.1 Å². The molecule has 10 heteroatoms. The average molecular weight is 403 g/mol. The Hall–Kier alpha value is -2.30. The second kappa shape index (κ2) is 6.70. The maximum Gasteiger partial charge on any atom is 0.416 e. The van der Waals surface area contributed by atoms with Gasteiger partial charge in [0.1, 0.15) is 5.60 Å². The summed E-state index contributed by atoms with van der Waals surface area (Å²) >= 11 is 0. The zero-order valence-corrected chi connectivity index (χ0v) is 14.9. The average Bonchev–Trinajstić information content (AvgIpc) is 3.07. The highest BCUT2D eigenvalue weighted by atomic mass is 32.2. The molecule has 0 aromatic heterocycles. The van der Waals surface area contributed by atoms with Gasteiger partial charge in [0, 0.05) is 6.54 Å². The van der Waals surface area contributed by atoms with Crippen LogP contribution in [-0.2, 0) is 21.8 Å². The lowest BCUT2D eigenvalue weighted by molar-refractivity contribution is -0.137. The molecular weight excluding hydrogens is 387 g/mol. The highest BCUT2D eigenvalue weighted by Crippen LogP contribution is 2.35. The minimum atomic E-state index is -4.56. The molecule has 27 heavy (non-hydrogen) atoms. The lowest BCUT2D eigenvalue weighted by Crippen LogP contribution is -2.38. The molecule has 2 aromatic carbocycles. The van der Waals surface area contributed by atoms with Crippen molar-refractivity contribution in [2.75, 3.05) is 13.3 Å². The molecule has 0 bridgehead atoms. The molecule has 6 nitrogen and oxygen atoms in total. The van der Waals surface area contributed by atoms with Crippen molar-refractivity contribution < 1.29 is 36.2 Å². The Morgan fingerprint density at radius 1 is 1.04 bits per heavy atom. The van der Waals surface area contributed by atoms with Gasteiger partial charge in [-0.25, -0.2) is 13.1 Å². The monoisotopic (exact) mass is 403 g/mol. The molecule has 1 atom stereocenters. The van der Waals surface area contributed by atoms with Crippen molar-refractivity contribution in [3.63, 3.8) is 0 Å². The molecule has 0 spiro atoms. The van der Waals surface area contributed by atoms with Crippen molar-refractivity contribution in [3.05, 3.63) is 53.6 Å². The van der Waals surface area contributed by atoms with Gasteiger partial charge >= 0.3 is 6.18 Å². The topological polar surface area (TPSA) is 84.9 Å². The number of fused-ring (bicyclic) bond motifs is 1. The van der Waals surface area contributed by atoms with E-state index in [-0.39, 0.29) is 11.7 Å². The second-order valence-corrected chi connectivity index (χ2v) is 7.96. The van der Waals surface area contributed by atoms with Crippen LogP contribution in [0.3, 0.4) is 0 Å². The molecular formula is C17H16F3NO5S. The summed E-state index contributed by atoms with van der Waals surface area (Å²) in [5.41, 5.74) is -2.14. The molecule has 0 saturated heterocycles. The van der Waals surface area contributed by atoms with Crippen LogP contribution in [0.25, 0.3) is 0 Å². The first-order valence-electron chi connectivity index (χ1n) is 7.78. The fraction of sp³-hybridized carbons (Fsp3) is 0.294. The minimum Gasteiger partial charge on any atom is -0.454 e. The van der Waals surface area contributed by atoms with E-state index in [2.05, 4.69) is 4.72 Å². The Balaban J connectivity index is 1.74. The van der Waals surface area contributed by atoms with Crippen molar-refractivity contribution in [3.8, 4) is 11.5 Å². The number of benzene rings is 2. The molecule has 0 saturated carbocycles. The van der Waals surface area contributed by atoms with E-state index < -0.39 is 33.9 Å². The maximum absolute atomic E-state index is 12.6. The number of ether oxygens (including phenoxy) is 2. The predicted molar refractivity (Wildman–Crippen MR) is 88.8 cm³/mol. The van der Waals surface area contributed by atoms with Gasteiger partial charge in [0.2, 0.25) is 16.8 Å². The van der Waals surface area contributed by atoms with Gasteiger partial charge in [0.15, 0.2) is 11.5 Å². The smallest absolute Gasteiger partial charge is 0.416 e. The van der Waals surface area contributed by atoms with E-state index in [1.165, 1.54) is 13.0 Å². The van der Waals surface area contributed by atoms with Crippen LogP contribution in [0.15, 0.2) is 47.4 Å². The lowest BCUT2D eigenvalue weighted by atomic mass is 9.96. The predicted octanol–water partition coefficient (Wildman–Crippen LogP) is 2.62. The fourth-order valence-corrected chi connectivity index (χ4v) is 3.61. The van der Waals surface area contributed by atoms with E-state index in [9.17, 15) is 26.7 Å². The zero-order chi connectivity index (χ0) is 19.9. The van der Waals surface area contributed by atoms with Gasteiger partial charge in [0.05, 0.1) is 10.5 Å². The first-order valence-corrected chi connectivity index (χ1v) is 9.27. The van der Waals surface area contributed by atoms with Crippen LogP contribution in [0, 0.1) is 0 Å². The minimum absolute atomic E-state index is 0.0570. The Kier molecular flexibility index (Phi) is 4.83. The van der Waals surface area contributed by atoms with E-state index >= 15 is 0 Å². The first kappa shape index (κ1) is 19.5. The third kappa shape index (κ3) is 4.18. The molecule has 1 aliphatic rings. The molecule has 1 unspecified atom stereocenters. The highest BCUT2D eigenvalue weighted by Gasteiger charge is 2.31. The summed E-state index contributed by atoms with van der Waals surface area (Å²) in [6.07, 6.45) is -4.56. The summed E-state index contributed by atoms with van der Waals surface area (Å²) in [5, 5.41) is 10.6. The molecule has 3 rings (SSSR count). The van der Waals surface area contributed by atoms with Crippen molar-refractivity contribution in [1.82, 2.24) is 4.72 Å². The normalized spacial score (nSPS) is 16.2. The molecule has 0 aliphatic carbocycles. The van der Waals surface area contributed by atoms with Gasteiger partial charge in [-0.2, -0.15) is 13.2 Å². The van der Waals surface area contributed by atoms with Gasteiger partial charge in [-0.3, -0.25) is 0 Å². The first-order chi connectivity index (χ1) is 12.5. The van der Waals surface area contributed by atoms with Crippen molar-refractivity contribution in [1.29, 1.82) is 0 Å².